The average Bonchev–Trinajstić information content (AvgIpc) is 2.88. The van der Waals surface area contributed by atoms with E-state index in [1.807, 2.05) is 0 Å². The van der Waals surface area contributed by atoms with E-state index in [1.54, 1.807) is 26.0 Å². The van der Waals surface area contributed by atoms with Crippen molar-refractivity contribution in [3.05, 3.63) is 24.2 Å². The molecule has 98 valence electrons. The number of hydrogen-bond donors (Lipinski definition) is 0. The summed E-state index contributed by atoms with van der Waals surface area (Å²) in [6.07, 6.45) is 1.91. The van der Waals surface area contributed by atoms with E-state index in [0.717, 1.165) is 0 Å². The van der Waals surface area contributed by atoms with Crippen LogP contribution in [0.25, 0.3) is 0 Å². The van der Waals surface area contributed by atoms with Crippen LogP contribution in [0.4, 0.5) is 0 Å². The Morgan fingerprint density at radius 3 is 2.39 bits per heavy atom. The largest absolute Gasteiger partial charge is 0.469 e. The lowest BCUT2D eigenvalue weighted by Crippen LogP contribution is -2.31. The Morgan fingerprint density at radius 1 is 1.33 bits per heavy atom. The molecule has 5 heteroatoms. The van der Waals surface area contributed by atoms with Crippen molar-refractivity contribution in [3.8, 4) is 0 Å². The minimum absolute atomic E-state index is 0.241. The van der Waals surface area contributed by atoms with Crippen LogP contribution in [-0.4, -0.2) is 25.2 Å². The summed E-state index contributed by atoms with van der Waals surface area (Å²) in [5.41, 5.74) is -1.20. The predicted octanol–water partition coefficient (Wildman–Crippen LogP) is 1.88. The summed E-state index contributed by atoms with van der Waals surface area (Å²) in [4.78, 5) is 24.0. The standard InChI is InChI=1S/C13H16O5/c1-3-16-11(14)13(12(15)17-4-2)8-9(13)10-6-5-7-18-10/h5-7,9H,3-4,8H2,1-2H3. The Kier molecular flexibility index (Phi) is 3.41. The molecule has 0 bridgehead atoms. The molecule has 1 heterocycles. The fourth-order valence-electron chi connectivity index (χ4n) is 2.15. The first kappa shape index (κ1) is 12.7. The Labute approximate surface area is 105 Å². The van der Waals surface area contributed by atoms with E-state index in [-0.39, 0.29) is 19.1 Å². The first-order valence-corrected chi connectivity index (χ1v) is 6.04. The Balaban J connectivity index is 2.21. The third-order valence-corrected chi connectivity index (χ3v) is 3.13. The van der Waals surface area contributed by atoms with Crippen LogP contribution in [0.2, 0.25) is 0 Å². The van der Waals surface area contributed by atoms with Gasteiger partial charge in [-0.05, 0) is 32.4 Å². The number of furan rings is 1. The van der Waals surface area contributed by atoms with Crippen molar-refractivity contribution in [2.45, 2.75) is 26.2 Å². The highest BCUT2D eigenvalue weighted by atomic mass is 16.6. The summed E-state index contributed by atoms with van der Waals surface area (Å²) < 4.78 is 15.2. The van der Waals surface area contributed by atoms with Gasteiger partial charge in [0.15, 0.2) is 5.41 Å². The van der Waals surface area contributed by atoms with Crippen molar-refractivity contribution >= 4 is 11.9 Å². The van der Waals surface area contributed by atoms with Gasteiger partial charge in [0.05, 0.1) is 19.5 Å². The predicted molar refractivity (Wildman–Crippen MR) is 61.8 cm³/mol. The van der Waals surface area contributed by atoms with E-state index in [9.17, 15) is 9.59 Å². The molecule has 5 nitrogen and oxygen atoms in total. The minimum Gasteiger partial charge on any atom is -0.469 e. The Bertz CT molecular complexity index is 416. The summed E-state index contributed by atoms with van der Waals surface area (Å²) >= 11 is 0. The van der Waals surface area contributed by atoms with Gasteiger partial charge in [-0.2, -0.15) is 0 Å². The summed E-state index contributed by atoms with van der Waals surface area (Å²) in [6, 6.07) is 3.49. The van der Waals surface area contributed by atoms with Crippen molar-refractivity contribution in [3.63, 3.8) is 0 Å². The van der Waals surface area contributed by atoms with Crippen LogP contribution in [0.5, 0.6) is 0 Å². The molecule has 1 saturated carbocycles. The smallest absolute Gasteiger partial charge is 0.324 e. The monoisotopic (exact) mass is 252 g/mol. The van der Waals surface area contributed by atoms with Crippen molar-refractivity contribution in [2.24, 2.45) is 5.41 Å². The molecule has 1 aliphatic rings. The molecule has 1 atom stereocenters. The topological polar surface area (TPSA) is 65.7 Å². The summed E-state index contributed by atoms with van der Waals surface area (Å²) in [7, 11) is 0. The molecule has 2 rings (SSSR count). The molecule has 0 aliphatic heterocycles. The Morgan fingerprint density at radius 2 is 1.94 bits per heavy atom. The van der Waals surface area contributed by atoms with Crippen LogP contribution < -0.4 is 0 Å². The Hall–Kier alpha value is -1.78. The summed E-state index contributed by atoms with van der Waals surface area (Å²) in [6.45, 7) is 3.90. The van der Waals surface area contributed by atoms with Gasteiger partial charge in [0.2, 0.25) is 0 Å². The average molecular weight is 252 g/mol. The lowest BCUT2D eigenvalue weighted by molar-refractivity contribution is -0.164. The second kappa shape index (κ2) is 4.84. The van der Waals surface area contributed by atoms with Crippen molar-refractivity contribution in [1.29, 1.82) is 0 Å². The fraction of sp³-hybridized carbons (Fsp3) is 0.538. The van der Waals surface area contributed by atoms with E-state index < -0.39 is 17.4 Å². The molecule has 0 amide bonds. The summed E-state index contributed by atoms with van der Waals surface area (Å²) in [5.74, 6) is -0.698. The van der Waals surface area contributed by atoms with Gasteiger partial charge in [-0.1, -0.05) is 0 Å². The number of rotatable bonds is 5. The number of carbonyl (C=O) groups excluding carboxylic acids is 2. The number of hydrogen-bond acceptors (Lipinski definition) is 5. The van der Waals surface area contributed by atoms with Crippen LogP contribution in [0, 0.1) is 5.41 Å². The van der Waals surface area contributed by atoms with Crippen molar-refractivity contribution in [1.82, 2.24) is 0 Å². The molecule has 18 heavy (non-hydrogen) atoms. The molecule has 0 spiro atoms. The molecule has 0 N–H and O–H groups in total. The van der Waals surface area contributed by atoms with Gasteiger partial charge in [-0.3, -0.25) is 9.59 Å². The fourth-order valence-corrected chi connectivity index (χ4v) is 2.15. The van der Waals surface area contributed by atoms with E-state index >= 15 is 0 Å². The second-order valence-corrected chi connectivity index (χ2v) is 4.18. The van der Waals surface area contributed by atoms with Gasteiger partial charge in [0.25, 0.3) is 0 Å². The van der Waals surface area contributed by atoms with Crippen LogP contribution in [0.1, 0.15) is 31.9 Å². The first-order chi connectivity index (χ1) is 8.66. The van der Waals surface area contributed by atoms with E-state index in [1.165, 1.54) is 6.26 Å². The minimum atomic E-state index is -1.20. The molecule has 0 radical (unpaired) electrons. The quantitative estimate of drug-likeness (QED) is 0.591. The van der Waals surface area contributed by atoms with Gasteiger partial charge in [0.1, 0.15) is 5.76 Å². The SMILES string of the molecule is CCOC(=O)C1(C(=O)OCC)CC1c1ccco1. The highest BCUT2D eigenvalue weighted by Crippen LogP contribution is 2.60. The molecule has 1 fully saturated rings. The lowest BCUT2D eigenvalue weighted by Gasteiger charge is -2.13. The van der Waals surface area contributed by atoms with Crippen LogP contribution >= 0.6 is 0 Å². The molecule has 1 aromatic heterocycles. The zero-order valence-electron chi connectivity index (χ0n) is 10.5. The maximum Gasteiger partial charge on any atom is 0.324 e. The molecule has 0 saturated heterocycles. The molecule has 1 aliphatic carbocycles. The summed E-state index contributed by atoms with van der Waals surface area (Å²) in [5, 5.41) is 0. The third kappa shape index (κ3) is 1.89. The normalized spacial score (nSPS) is 20.2. The maximum absolute atomic E-state index is 12.0. The molecule has 0 aromatic carbocycles. The first-order valence-electron chi connectivity index (χ1n) is 6.04. The van der Waals surface area contributed by atoms with Gasteiger partial charge in [-0.25, -0.2) is 0 Å². The molecule has 1 aromatic rings. The van der Waals surface area contributed by atoms with Crippen LogP contribution in [0.3, 0.4) is 0 Å². The van der Waals surface area contributed by atoms with Crippen LogP contribution in [0.15, 0.2) is 22.8 Å². The van der Waals surface area contributed by atoms with Gasteiger partial charge in [0, 0.05) is 5.92 Å². The van der Waals surface area contributed by atoms with Gasteiger partial charge < -0.3 is 13.9 Å². The van der Waals surface area contributed by atoms with E-state index in [4.69, 9.17) is 13.9 Å². The van der Waals surface area contributed by atoms with Crippen LogP contribution in [-0.2, 0) is 19.1 Å². The number of carbonyl (C=O) groups is 2. The zero-order valence-corrected chi connectivity index (χ0v) is 10.5. The second-order valence-electron chi connectivity index (χ2n) is 4.18. The number of esters is 2. The molecular weight excluding hydrogens is 236 g/mol. The van der Waals surface area contributed by atoms with Crippen molar-refractivity contribution < 1.29 is 23.5 Å². The third-order valence-electron chi connectivity index (χ3n) is 3.13. The molecule has 1 unspecified atom stereocenters. The molecular formula is C13H16O5. The van der Waals surface area contributed by atoms with E-state index in [0.29, 0.717) is 12.2 Å². The lowest BCUT2D eigenvalue weighted by atomic mass is 10.0. The zero-order chi connectivity index (χ0) is 13.2. The highest BCUT2D eigenvalue weighted by Gasteiger charge is 2.70. The van der Waals surface area contributed by atoms with Gasteiger partial charge >= 0.3 is 11.9 Å². The van der Waals surface area contributed by atoms with Gasteiger partial charge in [-0.15, -0.1) is 0 Å². The highest BCUT2D eigenvalue weighted by molar-refractivity contribution is 6.05. The number of ether oxygens (including phenoxy) is 2. The maximum atomic E-state index is 12.0. The van der Waals surface area contributed by atoms with Crippen molar-refractivity contribution in [2.75, 3.05) is 13.2 Å². The van der Waals surface area contributed by atoms with E-state index in [2.05, 4.69) is 0 Å².